The van der Waals surface area contributed by atoms with Crippen molar-refractivity contribution in [2.75, 3.05) is 20.3 Å². The molecule has 22 heavy (non-hydrogen) atoms. The van der Waals surface area contributed by atoms with Gasteiger partial charge in [-0.15, -0.1) is 0 Å². The summed E-state index contributed by atoms with van der Waals surface area (Å²) in [6, 6.07) is 19.2. The second-order valence-corrected chi connectivity index (χ2v) is 4.93. The van der Waals surface area contributed by atoms with Crippen LogP contribution in [0.3, 0.4) is 0 Å². The fourth-order valence-corrected chi connectivity index (χ4v) is 2.11. The number of benzene rings is 2. The van der Waals surface area contributed by atoms with Crippen LogP contribution in [-0.2, 0) is 4.74 Å². The van der Waals surface area contributed by atoms with Crippen LogP contribution in [0.2, 0.25) is 0 Å². The Hall–Kier alpha value is -2.39. The molecule has 114 valence electrons. The second kappa shape index (κ2) is 8.80. The van der Waals surface area contributed by atoms with Crippen LogP contribution >= 0.6 is 0 Å². The van der Waals surface area contributed by atoms with Gasteiger partial charge in [0.05, 0.1) is 0 Å². The SMILES string of the molecule is COCCCN/C(=C/C(=O)c1ccccc1)c1ccccc1. The van der Waals surface area contributed by atoms with E-state index >= 15 is 0 Å². The van der Waals surface area contributed by atoms with Gasteiger partial charge < -0.3 is 10.1 Å². The first-order valence-electron chi connectivity index (χ1n) is 7.40. The van der Waals surface area contributed by atoms with Crippen LogP contribution < -0.4 is 5.32 Å². The van der Waals surface area contributed by atoms with E-state index in [0.717, 1.165) is 24.2 Å². The molecule has 0 saturated heterocycles. The van der Waals surface area contributed by atoms with Crippen LogP contribution in [0.1, 0.15) is 22.3 Å². The maximum Gasteiger partial charge on any atom is 0.187 e. The zero-order valence-electron chi connectivity index (χ0n) is 12.8. The molecule has 0 saturated carbocycles. The van der Waals surface area contributed by atoms with Crippen molar-refractivity contribution in [3.8, 4) is 0 Å². The molecule has 0 aliphatic heterocycles. The third-order valence-corrected chi connectivity index (χ3v) is 3.26. The van der Waals surface area contributed by atoms with Gasteiger partial charge in [-0.3, -0.25) is 4.79 Å². The van der Waals surface area contributed by atoms with Gasteiger partial charge in [-0.05, 0) is 12.0 Å². The van der Waals surface area contributed by atoms with Crippen molar-refractivity contribution >= 4 is 11.5 Å². The topological polar surface area (TPSA) is 38.3 Å². The highest BCUT2D eigenvalue weighted by molar-refractivity contribution is 6.08. The lowest BCUT2D eigenvalue weighted by molar-refractivity contribution is 0.104. The molecule has 3 nitrogen and oxygen atoms in total. The molecule has 1 N–H and O–H groups in total. The zero-order valence-corrected chi connectivity index (χ0v) is 12.8. The monoisotopic (exact) mass is 295 g/mol. The summed E-state index contributed by atoms with van der Waals surface area (Å²) < 4.78 is 5.05. The lowest BCUT2D eigenvalue weighted by Crippen LogP contribution is -2.16. The molecule has 0 aromatic heterocycles. The normalized spacial score (nSPS) is 11.2. The minimum atomic E-state index is -0.00121. The standard InChI is InChI=1S/C19H21NO2/c1-22-14-8-13-20-18(16-9-4-2-5-10-16)15-19(21)17-11-6-3-7-12-17/h2-7,9-12,15,20H,8,13-14H2,1H3/b18-15+. The van der Waals surface area contributed by atoms with Crippen molar-refractivity contribution in [2.45, 2.75) is 6.42 Å². The van der Waals surface area contributed by atoms with E-state index in [1.807, 2.05) is 60.7 Å². The molecule has 2 aromatic carbocycles. The summed E-state index contributed by atoms with van der Waals surface area (Å²) in [7, 11) is 1.69. The van der Waals surface area contributed by atoms with Gasteiger partial charge in [0.1, 0.15) is 0 Å². The number of nitrogens with one attached hydrogen (secondary N) is 1. The number of carbonyl (C=O) groups excluding carboxylic acids is 1. The Labute approximate surface area is 131 Å². The highest BCUT2D eigenvalue weighted by atomic mass is 16.5. The molecule has 0 aliphatic carbocycles. The van der Waals surface area contributed by atoms with Crippen LogP contribution in [-0.4, -0.2) is 26.0 Å². The Morgan fingerprint density at radius 3 is 2.18 bits per heavy atom. The lowest BCUT2D eigenvalue weighted by atomic mass is 10.1. The molecule has 0 bridgehead atoms. The summed E-state index contributed by atoms with van der Waals surface area (Å²) >= 11 is 0. The third-order valence-electron chi connectivity index (χ3n) is 3.26. The molecule has 2 rings (SSSR count). The second-order valence-electron chi connectivity index (χ2n) is 4.93. The molecule has 0 aliphatic rings. The number of ether oxygens (including phenoxy) is 1. The summed E-state index contributed by atoms with van der Waals surface area (Å²) in [4.78, 5) is 12.4. The zero-order chi connectivity index (χ0) is 15.6. The van der Waals surface area contributed by atoms with Crippen molar-refractivity contribution < 1.29 is 9.53 Å². The molecule has 2 aromatic rings. The van der Waals surface area contributed by atoms with E-state index in [-0.39, 0.29) is 5.78 Å². The number of ketones is 1. The van der Waals surface area contributed by atoms with E-state index in [4.69, 9.17) is 4.74 Å². The Kier molecular flexibility index (Phi) is 6.39. The molecule has 0 radical (unpaired) electrons. The predicted molar refractivity (Wildman–Crippen MR) is 89.7 cm³/mol. The third kappa shape index (κ3) is 4.86. The number of hydrogen-bond donors (Lipinski definition) is 1. The molecule has 0 atom stereocenters. The molecule has 3 heteroatoms. The van der Waals surface area contributed by atoms with Gasteiger partial charge in [0.25, 0.3) is 0 Å². The average molecular weight is 295 g/mol. The smallest absolute Gasteiger partial charge is 0.187 e. The summed E-state index contributed by atoms with van der Waals surface area (Å²) in [5.74, 6) is -0.00121. The summed E-state index contributed by atoms with van der Waals surface area (Å²) in [6.07, 6.45) is 2.55. The van der Waals surface area contributed by atoms with Gasteiger partial charge in [0, 0.05) is 37.6 Å². The minimum absolute atomic E-state index is 0.00121. The number of allylic oxidation sites excluding steroid dienone is 1. The average Bonchev–Trinajstić information content (AvgIpc) is 2.59. The molecular formula is C19H21NO2. The maximum atomic E-state index is 12.4. The van der Waals surface area contributed by atoms with Crippen molar-refractivity contribution in [1.29, 1.82) is 0 Å². The van der Waals surface area contributed by atoms with E-state index in [1.165, 1.54) is 0 Å². The van der Waals surface area contributed by atoms with Gasteiger partial charge in [0.2, 0.25) is 0 Å². The van der Waals surface area contributed by atoms with Gasteiger partial charge in [-0.25, -0.2) is 0 Å². The highest BCUT2D eigenvalue weighted by Crippen LogP contribution is 2.13. The summed E-state index contributed by atoms with van der Waals surface area (Å²) in [5.41, 5.74) is 2.53. The van der Waals surface area contributed by atoms with Crippen molar-refractivity contribution in [2.24, 2.45) is 0 Å². The van der Waals surface area contributed by atoms with Crippen LogP contribution in [0.4, 0.5) is 0 Å². The first-order chi connectivity index (χ1) is 10.8. The first kappa shape index (κ1) is 16.0. The Morgan fingerprint density at radius 2 is 1.59 bits per heavy atom. The Morgan fingerprint density at radius 1 is 1.00 bits per heavy atom. The fourth-order valence-electron chi connectivity index (χ4n) is 2.11. The fraction of sp³-hybridized carbons (Fsp3) is 0.211. The quantitative estimate of drug-likeness (QED) is 0.460. The first-order valence-corrected chi connectivity index (χ1v) is 7.40. The van der Waals surface area contributed by atoms with E-state index in [0.29, 0.717) is 12.2 Å². The molecule has 0 amide bonds. The molecule has 0 unspecified atom stereocenters. The number of hydrogen-bond acceptors (Lipinski definition) is 3. The molecule has 0 fully saturated rings. The van der Waals surface area contributed by atoms with Crippen molar-refractivity contribution in [1.82, 2.24) is 5.32 Å². The maximum absolute atomic E-state index is 12.4. The van der Waals surface area contributed by atoms with Crippen LogP contribution in [0.5, 0.6) is 0 Å². The minimum Gasteiger partial charge on any atom is -0.385 e. The van der Waals surface area contributed by atoms with Crippen molar-refractivity contribution in [3.05, 3.63) is 77.9 Å². The van der Waals surface area contributed by atoms with Crippen LogP contribution in [0.15, 0.2) is 66.7 Å². The van der Waals surface area contributed by atoms with E-state index in [2.05, 4.69) is 5.32 Å². The van der Waals surface area contributed by atoms with E-state index in [9.17, 15) is 4.79 Å². The predicted octanol–water partition coefficient (Wildman–Crippen LogP) is 3.54. The lowest BCUT2D eigenvalue weighted by Gasteiger charge is -2.11. The van der Waals surface area contributed by atoms with Gasteiger partial charge in [-0.1, -0.05) is 60.7 Å². The van der Waals surface area contributed by atoms with Crippen LogP contribution in [0, 0.1) is 0 Å². The summed E-state index contributed by atoms with van der Waals surface area (Å²) in [5, 5.41) is 3.33. The van der Waals surface area contributed by atoms with Gasteiger partial charge in [0.15, 0.2) is 5.78 Å². The highest BCUT2D eigenvalue weighted by Gasteiger charge is 2.06. The molecular weight excluding hydrogens is 274 g/mol. The van der Waals surface area contributed by atoms with Crippen LogP contribution in [0.25, 0.3) is 5.70 Å². The number of rotatable bonds is 8. The largest absolute Gasteiger partial charge is 0.385 e. The van der Waals surface area contributed by atoms with E-state index in [1.54, 1.807) is 13.2 Å². The van der Waals surface area contributed by atoms with Gasteiger partial charge in [-0.2, -0.15) is 0 Å². The number of carbonyl (C=O) groups is 1. The Balaban J connectivity index is 2.16. The molecule has 0 heterocycles. The van der Waals surface area contributed by atoms with Crippen molar-refractivity contribution in [3.63, 3.8) is 0 Å². The summed E-state index contributed by atoms with van der Waals surface area (Å²) in [6.45, 7) is 1.46. The van der Waals surface area contributed by atoms with Gasteiger partial charge >= 0.3 is 0 Å². The Bertz CT molecular complexity index is 606. The molecule has 0 spiro atoms. The number of methoxy groups -OCH3 is 1. The van der Waals surface area contributed by atoms with E-state index < -0.39 is 0 Å².